The van der Waals surface area contributed by atoms with Crippen molar-refractivity contribution in [3.63, 3.8) is 0 Å². The third kappa shape index (κ3) is 2.80. The predicted molar refractivity (Wildman–Crippen MR) is 77.7 cm³/mol. The summed E-state index contributed by atoms with van der Waals surface area (Å²) in [4.78, 5) is 0. The first-order chi connectivity index (χ1) is 8.64. The van der Waals surface area contributed by atoms with Crippen LogP contribution in [0.25, 0.3) is 0 Å². The minimum atomic E-state index is 0.0104. The highest BCUT2D eigenvalue weighted by molar-refractivity contribution is 5.30. The minimum absolute atomic E-state index is 0.0104. The fraction of sp³-hybridized carbons (Fsp3) is 0.294. The summed E-state index contributed by atoms with van der Waals surface area (Å²) < 4.78 is 0. The Labute approximate surface area is 110 Å². The SMILES string of the molecule is Cc1ccc(CC(C)(CN)c2ccccc2)cc1. The first-order valence-electron chi connectivity index (χ1n) is 6.45. The van der Waals surface area contributed by atoms with E-state index in [4.69, 9.17) is 5.73 Å². The summed E-state index contributed by atoms with van der Waals surface area (Å²) in [7, 11) is 0. The van der Waals surface area contributed by atoms with Crippen LogP contribution in [0.1, 0.15) is 23.6 Å². The van der Waals surface area contributed by atoms with Crippen LogP contribution in [0.15, 0.2) is 54.6 Å². The molecule has 1 heteroatoms. The van der Waals surface area contributed by atoms with Gasteiger partial charge in [-0.2, -0.15) is 0 Å². The number of nitrogens with two attached hydrogens (primary N) is 1. The third-order valence-electron chi connectivity index (χ3n) is 3.64. The largest absolute Gasteiger partial charge is 0.330 e. The van der Waals surface area contributed by atoms with Gasteiger partial charge in [0.15, 0.2) is 0 Å². The van der Waals surface area contributed by atoms with Gasteiger partial charge in [0.1, 0.15) is 0 Å². The first kappa shape index (κ1) is 12.8. The molecule has 2 N–H and O–H groups in total. The lowest BCUT2D eigenvalue weighted by molar-refractivity contribution is 0.481. The first-order valence-corrected chi connectivity index (χ1v) is 6.45. The van der Waals surface area contributed by atoms with Crippen molar-refractivity contribution < 1.29 is 0 Å². The molecule has 18 heavy (non-hydrogen) atoms. The molecule has 0 aliphatic carbocycles. The van der Waals surface area contributed by atoms with Gasteiger partial charge in [0, 0.05) is 12.0 Å². The molecule has 0 saturated heterocycles. The summed E-state index contributed by atoms with van der Waals surface area (Å²) in [5.41, 5.74) is 9.98. The van der Waals surface area contributed by atoms with E-state index in [-0.39, 0.29) is 5.41 Å². The van der Waals surface area contributed by atoms with Gasteiger partial charge in [-0.15, -0.1) is 0 Å². The van der Waals surface area contributed by atoms with Gasteiger partial charge in [-0.3, -0.25) is 0 Å². The Morgan fingerprint density at radius 3 is 2.11 bits per heavy atom. The topological polar surface area (TPSA) is 26.0 Å². The van der Waals surface area contributed by atoms with Crippen molar-refractivity contribution >= 4 is 0 Å². The minimum Gasteiger partial charge on any atom is -0.330 e. The van der Waals surface area contributed by atoms with Gasteiger partial charge in [-0.1, -0.05) is 67.1 Å². The third-order valence-corrected chi connectivity index (χ3v) is 3.64. The molecule has 0 aliphatic rings. The summed E-state index contributed by atoms with van der Waals surface area (Å²) in [6.45, 7) is 5.01. The highest BCUT2D eigenvalue weighted by Gasteiger charge is 2.24. The van der Waals surface area contributed by atoms with Crippen molar-refractivity contribution in [3.05, 3.63) is 71.3 Å². The molecule has 1 nitrogen and oxygen atoms in total. The Morgan fingerprint density at radius 2 is 1.56 bits per heavy atom. The Kier molecular flexibility index (Phi) is 3.83. The van der Waals surface area contributed by atoms with Gasteiger partial charge in [0.25, 0.3) is 0 Å². The van der Waals surface area contributed by atoms with E-state index < -0.39 is 0 Å². The summed E-state index contributed by atoms with van der Waals surface area (Å²) >= 11 is 0. The van der Waals surface area contributed by atoms with Crippen molar-refractivity contribution in [1.29, 1.82) is 0 Å². The molecule has 0 heterocycles. The molecule has 0 aromatic heterocycles. The molecule has 0 radical (unpaired) electrons. The molecule has 0 saturated carbocycles. The van der Waals surface area contributed by atoms with Crippen LogP contribution in [0.4, 0.5) is 0 Å². The quantitative estimate of drug-likeness (QED) is 0.869. The highest BCUT2D eigenvalue weighted by atomic mass is 14.6. The van der Waals surface area contributed by atoms with Crippen molar-refractivity contribution in [2.45, 2.75) is 25.7 Å². The lowest BCUT2D eigenvalue weighted by Gasteiger charge is -2.29. The average Bonchev–Trinajstić information content (AvgIpc) is 2.42. The van der Waals surface area contributed by atoms with Gasteiger partial charge >= 0.3 is 0 Å². The van der Waals surface area contributed by atoms with Crippen LogP contribution < -0.4 is 5.73 Å². The number of rotatable bonds is 4. The summed E-state index contributed by atoms with van der Waals surface area (Å²) in [5, 5.41) is 0. The number of benzene rings is 2. The molecule has 0 bridgehead atoms. The molecule has 0 spiro atoms. The summed E-state index contributed by atoms with van der Waals surface area (Å²) in [5.74, 6) is 0. The summed E-state index contributed by atoms with van der Waals surface area (Å²) in [6, 6.07) is 19.3. The van der Waals surface area contributed by atoms with Crippen molar-refractivity contribution in [3.8, 4) is 0 Å². The van der Waals surface area contributed by atoms with E-state index in [1.165, 1.54) is 16.7 Å². The lowest BCUT2D eigenvalue weighted by Crippen LogP contribution is -2.34. The van der Waals surface area contributed by atoms with Gasteiger partial charge in [-0.25, -0.2) is 0 Å². The second-order valence-corrected chi connectivity index (χ2v) is 5.29. The Hall–Kier alpha value is -1.60. The van der Waals surface area contributed by atoms with Crippen molar-refractivity contribution in [2.75, 3.05) is 6.54 Å². The van der Waals surface area contributed by atoms with Crippen LogP contribution in [0.2, 0.25) is 0 Å². The van der Waals surface area contributed by atoms with Gasteiger partial charge in [0.05, 0.1) is 0 Å². The highest BCUT2D eigenvalue weighted by Crippen LogP contribution is 2.27. The van der Waals surface area contributed by atoms with E-state index in [1.807, 2.05) is 6.07 Å². The maximum atomic E-state index is 6.02. The smallest absolute Gasteiger partial charge is 0.00875 e. The Morgan fingerprint density at radius 1 is 0.944 bits per heavy atom. The molecule has 1 unspecified atom stereocenters. The van der Waals surface area contributed by atoms with Crippen LogP contribution in [0.5, 0.6) is 0 Å². The molecule has 1 atom stereocenters. The second-order valence-electron chi connectivity index (χ2n) is 5.29. The maximum absolute atomic E-state index is 6.02. The Balaban J connectivity index is 2.26. The molecular formula is C17H21N. The molecule has 0 amide bonds. The number of hydrogen-bond acceptors (Lipinski definition) is 1. The van der Waals surface area contributed by atoms with E-state index >= 15 is 0 Å². The number of aryl methyl sites for hydroxylation is 1. The van der Waals surface area contributed by atoms with E-state index in [2.05, 4.69) is 62.4 Å². The van der Waals surface area contributed by atoms with Crippen LogP contribution >= 0.6 is 0 Å². The van der Waals surface area contributed by atoms with Crippen LogP contribution in [-0.4, -0.2) is 6.54 Å². The molecule has 94 valence electrons. The van der Waals surface area contributed by atoms with Crippen LogP contribution in [-0.2, 0) is 11.8 Å². The molecule has 2 rings (SSSR count). The summed E-state index contributed by atoms with van der Waals surface area (Å²) in [6.07, 6.45) is 0.980. The molecule has 2 aromatic rings. The van der Waals surface area contributed by atoms with Crippen LogP contribution in [0, 0.1) is 6.92 Å². The van der Waals surface area contributed by atoms with E-state index in [1.54, 1.807) is 0 Å². The van der Waals surface area contributed by atoms with Gasteiger partial charge in [0.2, 0.25) is 0 Å². The average molecular weight is 239 g/mol. The van der Waals surface area contributed by atoms with Gasteiger partial charge in [-0.05, 0) is 24.5 Å². The molecular weight excluding hydrogens is 218 g/mol. The molecule has 0 aliphatic heterocycles. The maximum Gasteiger partial charge on any atom is 0.00875 e. The lowest BCUT2D eigenvalue weighted by atomic mass is 9.77. The zero-order valence-corrected chi connectivity index (χ0v) is 11.2. The molecule has 2 aromatic carbocycles. The Bertz CT molecular complexity index is 487. The normalized spacial score (nSPS) is 14.2. The van der Waals surface area contributed by atoms with E-state index in [0.29, 0.717) is 6.54 Å². The number of hydrogen-bond donors (Lipinski definition) is 1. The van der Waals surface area contributed by atoms with Gasteiger partial charge < -0.3 is 5.73 Å². The van der Waals surface area contributed by atoms with Crippen LogP contribution in [0.3, 0.4) is 0 Å². The monoisotopic (exact) mass is 239 g/mol. The second kappa shape index (κ2) is 5.36. The van der Waals surface area contributed by atoms with Crippen molar-refractivity contribution in [2.24, 2.45) is 5.73 Å². The predicted octanol–water partition coefficient (Wildman–Crippen LogP) is 3.45. The standard InChI is InChI=1S/C17H21N/c1-14-8-10-15(11-9-14)12-17(2,13-18)16-6-4-3-5-7-16/h3-11H,12-13,18H2,1-2H3. The van der Waals surface area contributed by atoms with E-state index in [0.717, 1.165) is 6.42 Å². The zero-order valence-electron chi connectivity index (χ0n) is 11.2. The zero-order chi connectivity index (χ0) is 13.0. The fourth-order valence-electron chi connectivity index (χ4n) is 2.29. The van der Waals surface area contributed by atoms with Crippen molar-refractivity contribution in [1.82, 2.24) is 0 Å². The molecule has 0 fully saturated rings. The van der Waals surface area contributed by atoms with E-state index in [9.17, 15) is 0 Å². The fourth-order valence-corrected chi connectivity index (χ4v) is 2.29.